The number of hydrogen-bond acceptors (Lipinski definition) is 6. The van der Waals surface area contributed by atoms with Crippen molar-refractivity contribution in [1.82, 2.24) is 0 Å². The molecule has 2 atom stereocenters. The Kier molecular flexibility index (Phi) is 47.6. The molecule has 0 bridgehead atoms. The summed E-state index contributed by atoms with van der Waals surface area (Å²) in [6, 6.07) is 0. The smallest absolute Gasteiger partial charge is 0.306 e. The lowest BCUT2D eigenvalue weighted by Gasteiger charge is -2.18. The van der Waals surface area contributed by atoms with Crippen molar-refractivity contribution in [2.45, 2.75) is 317 Å². The third-order valence-corrected chi connectivity index (χ3v) is 13.1. The lowest BCUT2D eigenvalue weighted by atomic mass is 9.99. The van der Waals surface area contributed by atoms with Crippen molar-refractivity contribution in [3.63, 3.8) is 0 Å². The van der Waals surface area contributed by atoms with E-state index >= 15 is 0 Å². The predicted octanol–water partition coefficient (Wildman–Crippen LogP) is 18.1. The largest absolute Gasteiger partial charge is 0.462 e. The Hall–Kier alpha value is -1.59. The molecule has 6 nitrogen and oxygen atoms in total. The zero-order valence-electron chi connectivity index (χ0n) is 42.5. The molecule has 62 heavy (non-hydrogen) atoms. The molecule has 1 unspecified atom stereocenters. The van der Waals surface area contributed by atoms with Gasteiger partial charge in [-0.15, -0.1) is 0 Å². The van der Waals surface area contributed by atoms with Crippen LogP contribution in [0.5, 0.6) is 0 Å². The van der Waals surface area contributed by atoms with Crippen LogP contribution in [0.15, 0.2) is 0 Å². The number of ether oxygens (including phenoxy) is 3. The van der Waals surface area contributed by atoms with Gasteiger partial charge in [-0.1, -0.05) is 272 Å². The van der Waals surface area contributed by atoms with Crippen molar-refractivity contribution in [2.24, 2.45) is 11.8 Å². The van der Waals surface area contributed by atoms with Gasteiger partial charge in [-0.3, -0.25) is 14.4 Å². The van der Waals surface area contributed by atoms with E-state index in [0.717, 1.165) is 69.6 Å². The first-order valence-corrected chi connectivity index (χ1v) is 27.8. The van der Waals surface area contributed by atoms with Crippen molar-refractivity contribution in [3.8, 4) is 0 Å². The first-order valence-electron chi connectivity index (χ1n) is 27.8. The zero-order valence-corrected chi connectivity index (χ0v) is 42.5. The molecule has 6 heteroatoms. The first-order chi connectivity index (χ1) is 30.3. The van der Waals surface area contributed by atoms with Crippen LogP contribution in [0.1, 0.15) is 311 Å². The van der Waals surface area contributed by atoms with Gasteiger partial charge in [-0.25, -0.2) is 0 Å². The van der Waals surface area contributed by atoms with Crippen molar-refractivity contribution in [2.75, 3.05) is 13.2 Å². The van der Waals surface area contributed by atoms with E-state index in [-0.39, 0.29) is 31.1 Å². The fourth-order valence-corrected chi connectivity index (χ4v) is 8.49. The number of rotatable bonds is 50. The highest BCUT2D eigenvalue weighted by atomic mass is 16.6. The third-order valence-electron chi connectivity index (χ3n) is 13.1. The Morgan fingerprint density at radius 3 is 0.919 bits per heavy atom. The molecule has 0 saturated carbocycles. The monoisotopic (exact) mass is 877 g/mol. The molecule has 0 aromatic heterocycles. The second-order valence-corrected chi connectivity index (χ2v) is 19.9. The summed E-state index contributed by atoms with van der Waals surface area (Å²) in [5.74, 6) is 0.809. The van der Waals surface area contributed by atoms with Gasteiger partial charge in [0.15, 0.2) is 6.10 Å². The van der Waals surface area contributed by atoms with Gasteiger partial charge in [-0.05, 0) is 31.1 Å². The highest BCUT2D eigenvalue weighted by Crippen LogP contribution is 2.18. The van der Waals surface area contributed by atoms with Crippen molar-refractivity contribution >= 4 is 17.9 Å². The summed E-state index contributed by atoms with van der Waals surface area (Å²) in [6.45, 7) is 11.4. The maximum Gasteiger partial charge on any atom is 0.306 e. The van der Waals surface area contributed by atoms with E-state index in [1.165, 1.54) is 199 Å². The minimum atomic E-state index is -0.762. The van der Waals surface area contributed by atoms with Crippen LogP contribution in [0.2, 0.25) is 0 Å². The molecule has 0 aliphatic carbocycles. The highest BCUT2D eigenvalue weighted by Gasteiger charge is 2.19. The Bertz CT molecular complexity index is 949. The Labute approximate surface area is 387 Å². The zero-order chi connectivity index (χ0) is 45.4. The number of unbranched alkanes of at least 4 members (excludes halogenated alkanes) is 34. The molecule has 0 rings (SSSR count). The van der Waals surface area contributed by atoms with Crippen LogP contribution >= 0.6 is 0 Å². The topological polar surface area (TPSA) is 78.9 Å². The van der Waals surface area contributed by atoms with Crippen molar-refractivity contribution in [3.05, 3.63) is 0 Å². The van der Waals surface area contributed by atoms with E-state index in [1.807, 2.05) is 0 Å². The van der Waals surface area contributed by atoms with E-state index in [2.05, 4.69) is 34.6 Å². The van der Waals surface area contributed by atoms with Gasteiger partial charge >= 0.3 is 17.9 Å². The van der Waals surface area contributed by atoms with Crippen LogP contribution in [-0.2, 0) is 28.6 Å². The van der Waals surface area contributed by atoms with E-state index < -0.39 is 6.10 Å². The Morgan fingerprint density at radius 1 is 0.339 bits per heavy atom. The SMILES string of the molecule is CCCCCCCCCCCCCCCCCCCC(=O)OC[C@@H](COC(=O)CCCCCCCCC(C)C)OC(=O)CCCCCCCCCCCCCCCCC(C)CC. The fourth-order valence-electron chi connectivity index (χ4n) is 8.49. The minimum absolute atomic E-state index is 0.0639. The molecule has 0 aromatic carbocycles. The van der Waals surface area contributed by atoms with Gasteiger partial charge < -0.3 is 14.2 Å². The van der Waals surface area contributed by atoms with E-state index in [9.17, 15) is 14.4 Å². The van der Waals surface area contributed by atoms with Gasteiger partial charge in [-0.2, -0.15) is 0 Å². The normalized spacial score (nSPS) is 12.5. The van der Waals surface area contributed by atoms with Crippen molar-refractivity contribution < 1.29 is 28.6 Å². The molecule has 0 spiro atoms. The summed E-state index contributed by atoms with van der Waals surface area (Å²) < 4.78 is 16.8. The van der Waals surface area contributed by atoms with Crippen LogP contribution in [0.3, 0.4) is 0 Å². The Balaban J connectivity index is 4.24. The molecule has 0 aromatic rings. The molecule has 0 fully saturated rings. The summed E-state index contributed by atoms with van der Waals surface area (Å²) in [4.78, 5) is 38.0. The van der Waals surface area contributed by atoms with Crippen LogP contribution in [0.25, 0.3) is 0 Å². The van der Waals surface area contributed by atoms with Crippen LogP contribution in [0, 0.1) is 11.8 Å². The predicted molar refractivity (Wildman–Crippen MR) is 266 cm³/mol. The van der Waals surface area contributed by atoms with E-state index in [0.29, 0.717) is 19.3 Å². The van der Waals surface area contributed by atoms with Crippen LogP contribution in [-0.4, -0.2) is 37.2 Å². The number of carbonyl (C=O) groups is 3. The molecule has 0 aliphatic rings. The van der Waals surface area contributed by atoms with E-state index in [1.54, 1.807) is 0 Å². The van der Waals surface area contributed by atoms with E-state index in [4.69, 9.17) is 14.2 Å². The number of carbonyl (C=O) groups excluding carboxylic acids is 3. The molecule has 0 amide bonds. The average Bonchev–Trinajstić information content (AvgIpc) is 3.26. The first kappa shape index (κ1) is 60.4. The van der Waals surface area contributed by atoms with Gasteiger partial charge in [0.25, 0.3) is 0 Å². The molecule has 0 N–H and O–H groups in total. The maximum absolute atomic E-state index is 12.8. The summed E-state index contributed by atoms with van der Waals surface area (Å²) in [6.07, 6.45) is 51.0. The van der Waals surface area contributed by atoms with Crippen LogP contribution in [0.4, 0.5) is 0 Å². The standard InChI is InChI=1S/C56H108O6/c1-6-8-9-10-11-12-13-14-15-16-17-21-24-27-30-36-41-46-54(57)60-49-53(50-61-55(58)47-42-37-33-32-34-39-44-51(3)4)62-56(59)48-43-38-31-28-25-22-19-18-20-23-26-29-35-40-45-52(5)7-2/h51-53H,6-50H2,1-5H3/t52?,53-/m0/s1. The third kappa shape index (κ3) is 47.9. The maximum atomic E-state index is 12.8. The van der Waals surface area contributed by atoms with Gasteiger partial charge in [0.1, 0.15) is 13.2 Å². The van der Waals surface area contributed by atoms with Gasteiger partial charge in [0.2, 0.25) is 0 Å². The second-order valence-electron chi connectivity index (χ2n) is 19.9. The molecule has 368 valence electrons. The lowest BCUT2D eigenvalue weighted by Crippen LogP contribution is -2.30. The highest BCUT2D eigenvalue weighted by molar-refractivity contribution is 5.71. The number of hydrogen-bond donors (Lipinski definition) is 0. The molecule has 0 heterocycles. The molecule has 0 radical (unpaired) electrons. The fraction of sp³-hybridized carbons (Fsp3) is 0.946. The van der Waals surface area contributed by atoms with Crippen LogP contribution < -0.4 is 0 Å². The molecular weight excluding hydrogens is 769 g/mol. The summed E-state index contributed by atoms with van der Waals surface area (Å²) in [5, 5.41) is 0. The quantitative estimate of drug-likeness (QED) is 0.0344. The summed E-state index contributed by atoms with van der Waals surface area (Å²) in [7, 11) is 0. The summed E-state index contributed by atoms with van der Waals surface area (Å²) in [5.41, 5.74) is 0. The summed E-state index contributed by atoms with van der Waals surface area (Å²) >= 11 is 0. The molecular formula is C56H108O6. The van der Waals surface area contributed by atoms with Gasteiger partial charge in [0, 0.05) is 19.3 Å². The van der Waals surface area contributed by atoms with Crippen molar-refractivity contribution in [1.29, 1.82) is 0 Å². The van der Waals surface area contributed by atoms with Gasteiger partial charge in [0.05, 0.1) is 0 Å². The second kappa shape index (κ2) is 48.9. The molecule has 0 aliphatic heterocycles. The lowest BCUT2D eigenvalue weighted by molar-refractivity contribution is -0.167. The molecule has 0 saturated heterocycles. The average molecular weight is 877 g/mol. The minimum Gasteiger partial charge on any atom is -0.462 e. The number of esters is 3. The Morgan fingerprint density at radius 2 is 0.613 bits per heavy atom.